The number of nitrogens with one attached hydrogen (secondary N) is 2. The lowest BCUT2D eigenvalue weighted by atomic mass is 10.1. The van der Waals surface area contributed by atoms with Crippen LogP contribution < -0.4 is 10.6 Å². The van der Waals surface area contributed by atoms with E-state index in [0.29, 0.717) is 11.6 Å². The van der Waals surface area contributed by atoms with Gasteiger partial charge in [0.25, 0.3) is 0 Å². The molecule has 0 saturated carbocycles. The van der Waals surface area contributed by atoms with Crippen molar-refractivity contribution in [3.63, 3.8) is 0 Å². The lowest BCUT2D eigenvalue weighted by Gasteiger charge is -2.20. The molecule has 6 nitrogen and oxygen atoms in total. The first-order chi connectivity index (χ1) is 8.76. The maximum atomic E-state index is 11.6. The average molecular weight is 285 g/mol. The van der Waals surface area contributed by atoms with Crippen LogP contribution in [0.1, 0.15) is 32.9 Å². The fourth-order valence-electron chi connectivity index (χ4n) is 1.36. The Labute approximate surface area is 116 Å². The first kappa shape index (κ1) is 15.4. The van der Waals surface area contributed by atoms with Gasteiger partial charge < -0.3 is 15.7 Å². The summed E-state index contributed by atoms with van der Waals surface area (Å²) in [6, 6.07) is 0. The van der Waals surface area contributed by atoms with Gasteiger partial charge in [0.15, 0.2) is 5.13 Å². The standard InChI is InChI=1S/C12H19N3O3S/c1-12(2,3)15-9(16)6-13-11-14-8(7-19-11)4-5-10(17)18/h7H,4-6H2,1-3H3,(H,13,14)(H,15,16)(H,17,18). The third-order valence-electron chi connectivity index (χ3n) is 2.06. The third kappa shape index (κ3) is 6.76. The Morgan fingerprint density at radius 3 is 2.68 bits per heavy atom. The molecule has 0 aliphatic carbocycles. The van der Waals surface area contributed by atoms with Gasteiger partial charge in [-0.05, 0) is 20.8 Å². The second kappa shape index (κ2) is 6.51. The Hall–Kier alpha value is -1.63. The first-order valence-corrected chi connectivity index (χ1v) is 6.85. The molecule has 19 heavy (non-hydrogen) atoms. The van der Waals surface area contributed by atoms with Crippen LogP contribution in [-0.2, 0) is 16.0 Å². The molecule has 0 spiro atoms. The van der Waals surface area contributed by atoms with Crippen molar-refractivity contribution < 1.29 is 14.7 Å². The molecule has 1 amide bonds. The number of aliphatic carboxylic acids is 1. The molecule has 0 bridgehead atoms. The van der Waals surface area contributed by atoms with Gasteiger partial charge in [0, 0.05) is 17.3 Å². The number of carboxylic acid groups (broad SMARTS) is 1. The number of rotatable bonds is 6. The highest BCUT2D eigenvalue weighted by atomic mass is 32.1. The number of hydrogen-bond acceptors (Lipinski definition) is 5. The van der Waals surface area contributed by atoms with Crippen molar-refractivity contribution in [2.45, 2.75) is 39.2 Å². The molecule has 0 unspecified atom stereocenters. The van der Waals surface area contributed by atoms with Crippen molar-refractivity contribution >= 4 is 28.3 Å². The highest BCUT2D eigenvalue weighted by Crippen LogP contribution is 2.16. The van der Waals surface area contributed by atoms with E-state index in [-0.39, 0.29) is 24.4 Å². The first-order valence-electron chi connectivity index (χ1n) is 5.97. The van der Waals surface area contributed by atoms with E-state index in [4.69, 9.17) is 5.11 Å². The van der Waals surface area contributed by atoms with Crippen LogP contribution in [0.2, 0.25) is 0 Å². The molecular formula is C12H19N3O3S. The number of thiazole rings is 1. The SMILES string of the molecule is CC(C)(C)NC(=O)CNc1nc(CCC(=O)O)cs1. The summed E-state index contributed by atoms with van der Waals surface area (Å²) < 4.78 is 0. The zero-order valence-electron chi connectivity index (χ0n) is 11.3. The lowest BCUT2D eigenvalue weighted by Crippen LogP contribution is -2.43. The van der Waals surface area contributed by atoms with Crippen LogP contribution in [0.4, 0.5) is 5.13 Å². The molecule has 7 heteroatoms. The molecule has 3 N–H and O–H groups in total. The van der Waals surface area contributed by atoms with Crippen molar-refractivity contribution in [2.75, 3.05) is 11.9 Å². The van der Waals surface area contributed by atoms with Crippen molar-refractivity contribution in [3.8, 4) is 0 Å². The minimum absolute atomic E-state index is 0.0632. The molecule has 106 valence electrons. The van der Waals surface area contributed by atoms with E-state index in [9.17, 15) is 9.59 Å². The lowest BCUT2D eigenvalue weighted by molar-refractivity contribution is -0.137. The normalized spacial score (nSPS) is 11.1. The molecule has 0 atom stereocenters. The summed E-state index contributed by atoms with van der Waals surface area (Å²) in [6.07, 6.45) is 0.468. The molecule has 0 fully saturated rings. The number of aryl methyl sites for hydroxylation is 1. The number of carbonyl (C=O) groups excluding carboxylic acids is 1. The minimum atomic E-state index is -0.841. The number of amides is 1. The Kier molecular flexibility index (Phi) is 5.29. The van der Waals surface area contributed by atoms with Crippen LogP contribution in [0.15, 0.2) is 5.38 Å². The second-order valence-corrected chi connectivity index (χ2v) is 6.05. The van der Waals surface area contributed by atoms with E-state index in [1.165, 1.54) is 11.3 Å². The number of hydrogen-bond donors (Lipinski definition) is 3. The summed E-state index contributed by atoms with van der Waals surface area (Å²) in [4.78, 5) is 26.2. The number of aromatic nitrogens is 1. The maximum Gasteiger partial charge on any atom is 0.303 e. The van der Waals surface area contributed by atoms with E-state index in [1.807, 2.05) is 20.8 Å². The quantitative estimate of drug-likeness (QED) is 0.736. The van der Waals surface area contributed by atoms with Crippen molar-refractivity contribution in [3.05, 3.63) is 11.1 Å². The molecule has 0 aliphatic rings. The second-order valence-electron chi connectivity index (χ2n) is 5.19. The van der Waals surface area contributed by atoms with Gasteiger partial charge in [-0.25, -0.2) is 4.98 Å². The van der Waals surface area contributed by atoms with E-state index < -0.39 is 5.97 Å². The molecule has 1 heterocycles. The van der Waals surface area contributed by atoms with Crippen LogP contribution in [0.5, 0.6) is 0 Å². The molecular weight excluding hydrogens is 266 g/mol. The number of carbonyl (C=O) groups is 2. The Morgan fingerprint density at radius 1 is 1.42 bits per heavy atom. The zero-order valence-corrected chi connectivity index (χ0v) is 12.1. The Morgan fingerprint density at radius 2 is 2.11 bits per heavy atom. The van der Waals surface area contributed by atoms with Gasteiger partial charge >= 0.3 is 5.97 Å². The van der Waals surface area contributed by atoms with Gasteiger partial charge in [-0.3, -0.25) is 9.59 Å². The number of carboxylic acids is 1. The molecule has 1 rings (SSSR count). The number of nitrogens with zero attached hydrogens (tertiary/aromatic N) is 1. The Balaban J connectivity index is 2.38. The zero-order chi connectivity index (χ0) is 14.5. The van der Waals surface area contributed by atoms with Crippen LogP contribution >= 0.6 is 11.3 Å². The van der Waals surface area contributed by atoms with Crippen molar-refractivity contribution in [1.29, 1.82) is 0 Å². The molecule has 1 aromatic heterocycles. The molecule has 0 aromatic carbocycles. The summed E-state index contributed by atoms with van der Waals surface area (Å²) in [5, 5.41) is 16.8. The summed E-state index contributed by atoms with van der Waals surface area (Å²) in [6.45, 7) is 5.90. The minimum Gasteiger partial charge on any atom is -0.481 e. The summed E-state index contributed by atoms with van der Waals surface area (Å²) >= 11 is 1.37. The van der Waals surface area contributed by atoms with Gasteiger partial charge in [-0.15, -0.1) is 11.3 Å². The molecule has 0 aliphatic heterocycles. The predicted molar refractivity (Wildman–Crippen MR) is 74.5 cm³/mol. The van der Waals surface area contributed by atoms with E-state index in [1.54, 1.807) is 5.38 Å². The fraction of sp³-hybridized carbons (Fsp3) is 0.583. The fourth-order valence-corrected chi connectivity index (χ4v) is 2.10. The van der Waals surface area contributed by atoms with E-state index in [2.05, 4.69) is 15.6 Å². The Bertz CT molecular complexity index is 451. The van der Waals surface area contributed by atoms with Crippen LogP contribution in [-0.4, -0.2) is 34.1 Å². The van der Waals surface area contributed by atoms with Gasteiger partial charge in [-0.1, -0.05) is 0 Å². The highest BCUT2D eigenvalue weighted by molar-refractivity contribution is 7.13. The van der Waals surface area contributed by atoms with Gasteiger partial charge in [0.05, 0.1) is 18.7 Å². The van der Waals surface area contributed by atoms with Crippen LogP contribution in [0.3, 0.4) is 0 Å². The van der Waals surface area contributed by atoms with Crippen LogP contribution in [0.25, 0.3) is 0 Å². The molecule has 0 radical (unpaired) electrons. The van der Waals surface area contributed by atoms with E-state index >= 15 is 0 Å². The largest absolute Gasteiger partial charge is 0.481 e. The van der Waals surface area contributed by atoms with Gasteiger partial charge in [0.1, 0.15) is 0 Å². The summed E-state index contributed by atoms with van der Waals surface area (Å²) in [7, 11) is 0. The maximum absolute atomic E-state index is 11.6. The summed E-state index contributed by atoms with van der Waals surface area (Å²) in [5.74, 6) is -0.943. The molecule has 1 aromatic rings. The van der Waals surface area contributed by atoms with E-state index in [0.717, 1.165) is 5.69 Å². The van der Waals surface area contributed by atoms with Crippen molar-refractivity contribution in [2.24, 2.45) is 0 Å². The van der Waals surface area contributed by atoms with Gasteiger partial charge in [0.2, 0.25) is 5.91 Å². The van der Waals surface area contributed by atoms with Crippen LogP contribution in [0, 0.1) is 0 Å². The molecule has 0 saturated heterocycles. The summed E-state index contributed by atoms with van der Waals surface area (Å²) in [5.41, 5.74) is 0.472. The topological polar surface area (TPSA) is 91.3 Å². The monoisotopic (exact) mass is 285 g/mol. The number of anilines is 1. The third-order valence-corrected chi connectivity index (χ3v) is 2.91. The highest BCUT2D eigenvalue weighted by Gasteiger charge is 2.13. The average Bonchev–Trinajstić information content (AvgIpc) is 2.69. The smallest absolute Gasteiger partial charge is 0.303 e. The predicted octanol–water partition coefficient (Wildman–Crippen LogP) is 1.49. The van der Waals surface area contributed by atoms with Gasteiger partial charge in [-0.2, -0.15) is 0 Å². The van der Waals surface area contributed by atoms with Crippen molar-refractivity contribution in [1.82, 2.24) is 10.3 Å².